The summed E-state index contributed by atoms with van der Waals surface area (Å²) >= 11 is 0. The van der Waals surface area contributed by atoms with Crippen molar-refractivity contribution in [2.45, 2.75) is 26.7 Å². The predicted octanol–water partition coefficient (Wildman–Crippen LogP) is 0.787. The van der Waals surface area contributed by atoms with E-state index in [1.165, 1.54) is 0 Å². The van der Waals surface area contributed by atoms with Crippen molar-refractivity contribution in [2.24, 2.45) is 18.7 Å². The Kier molecular flexibility index (Phi) is 3.63. The lowest BCUT2D eigenvalue weighted by molar-refractivity contribution is 0.495. The summed E-state index contributed by atoms with van der Waals surface area (Å²) in [4.78, 5) is 16.2. The molecule has 1 unspecified atom stereocenters. The topological polar surface area (TPSA) is 60.9 Å². The number of aryl methyl sites for hydroxylation is 1. The Bertz CT molecular complexity index is 395. The molecule has 1 heterocycles. The molecule has 15 heavy (non-hydrogen) atoms. The molecule has 0 fully saturated rings. The third-order valence-corrected chi connectivity index (χ3v) is 2.89. The number of aromatic nitrogens is 2. The molecular weight excluding hydrogens is 190 g/mol. The van der Waals surface area contributed by atoms with Crippen LogP contribution < -0.4 is 11.3 Å². The average Bonchev–Trinajstić information content (AvgIpc) is 2.18. The van der Waals surface area contributed by atoms with Gasteiger partial charge in [0.1, 0.15) is 5.82 Å². The fourth-order valence-electron chi connectivity index (χ4n) is 1.66. The summed E-state index contributed by atoms with van der Waals surface area (Å²) in [5.41, 5.74) is 6.43. The highest BCUT2D eigenvalue weighted by atomic mass is 16.1. The predicted molar refractivity (Wildman–Crippen MR) is 60.8 cm³/mol. The fourth-order valence-corrected chi connectivity index (χ4v) is 1.66. The summed E-state index contributed by atoms with van der Waals surface area (Å²) in [6, 6.07) is 0. The van der Waals surface area contributed by atoms with Crippen LogP contribution in [0, 0.1) is 12.8 Å². The molecule has 4 heteroatoms. The van der Waals surface area contributed by atoms with E-state index in [1.54, 1.807) is 17.8 Å². The van der Waals surface area contributed by atoms with E-state index in [2.05, 4.69) is 18.8 Å². The fraction of sp³-hybridized carbons (Fsp3) is 0.636. The smallest absolute Gasteiger partial charge is 0.256 e. The van der Waals surface area contributed by atoms with Crippen molar-refractivity contribution in [1.82, 2.24) is 9.55 Å². The van der Waals surface area contributed by atoms with E-state index in [1.807, 2.05) is 6.92 Å². The first kappa shape index (κ1) is 11.9. The molecule has 0 bridgehead atoms. The second-order valence-corrected chi connectivity index (χ2v) is 4.21. The summed E-state index contributed by atoms with van der Waals surface area (Å²) in [7, 11) is 1.74. The van der Waals surface area contributed by atoms with E-state index in [-0.39, 0.29) is 11.5 Å². The molecule has 0 aliphatic heterocycles. The molecule has 0 aliphatic carbocycles. The first-order chi connectivity index (χ1) is 6.99. The normalized spacial score (nSPS) is 13.2. The van der Waals surface area contributed by atoms with E-state index in [4.69, 9.17) is 5.73 Å². The summed E-state index contributed by atoms with van der Waals surface area (Å²) in [5.74, 6) is 1.17. The van der Waals surface area contributed by atoms with Crippen LogP contribution >= 0.6 is 0 Å². The van der Waals surface area contributed by atoms with E-state index in [9.17, 15) is 4.79 Å². The van der Waals surface area contributed by atoms with E-state index in [0.717, 1.165) is 11.4 Å². The van der Waals surface area contributed by atoms with Gasteiger partial charge in [-0.25, -0.2) is 4.98 Å². The molecular formula is C11H19N3O. The number of hydrogen-bond donors (Lipinski definition) is 1. The zero-order valence-electron chi connectivity index (χ0n) is 9.82. The van der Waals surface area contributed by atoms with Crippen LogP contribution in [0.15, 0.2) is 11.0 Å². The summed E-state index contributed by atoms with van der Waals surface area (Å²) in [6.07, 6.45) is 1.66. The molecule has 1 aromatic rings. The van der Waals surface area contributed by atoms with Gasteiger partial charge in [-0.05, 0) is 19.4 Å². The minimum atomic E-state index is 0.0200. The molecule has 0 saturated carbocycles. The zero-order valence-corrected chi connectivity index (χ0v) is 9.82. The standard InChI is InChI=1S/C11H19N3O/c1-7(2)9(5-12)10-6-13-8(3)14(4)11(10)15/h6-7,9H,5,12H2,1-4H3. The molecule has 1 atom stereocenters. The van der Waals surface area contributed by atoms with Gasteiger partial charge in [-0.15, -0.1) is 0 Å². The number of nitrogens with zero attached hydrogens (tertiary/aromatic N) is 2. The summed E-state index contributed by atoms with van der Waals surface area (Å²) < 4.78 is 1.57. The maximum atomic E-state index is 12.0. The maximum Gasteiger partial charge on any atom is 0.256 e. The molecule has 0 amide bonds. The largest absolute Gasteiger partial charge is 0.330 e. The Balaban J connectivity index is 3.26. The molecule has 0 spiro atoms. The highest BCUT2D eigenvalue weighted by Crippen LogP contribution is 2.19. The number of hydrogen-bond acceptors (Lipinski definition) is 3. The first-order valence-corrected chi connectivity index (χ1v) is 5.21. The molecule has 0 aliphatic rings. The van der Waals surface area contributed by atoms with Crippen molar-refractivity contribution in [1.29, 1.82) is 0 Å². The van der Waals surface area contributed by atoms with Crippen LogP contribution in [0.2, 0.25) is 0 Å². The van der Waals surface area contributed by atoms with Gasteiger partial charge in [-0.2, -0.15) is 0 Å². The second-order valence-electron chi connectivity index (χ2n) is 4.21. The Labute approximate surface area is 90.1 Å². The summed E-state index contributed by atoms with van der Waals surface area (Å²) in [5, 5.41) is 0. The van der Waals surface area contributed by atoms with Crippen LogP contribution in [0.4, 0.5) is 0 Å². The highest BCUT2D eigenvalue weighted by molar-refractivity contribution is 5.14. The van der Waals surface area contributed by atoms with Crippen molar-refractivity contribution in [3.8, 4) is 0 Å². The minimum Gasteiger partial charge on any atom is -0.330 e. The van der Waals surface area contributed by atoms with Crippen molar-refractivity contribution in [3.05, 3.63) is 27.9 Å². The lowest BCUT2D eigenvalue weighted by Crippen LogP contribution is -2.30. The Morgan fingerprint density at radius 1 is 1.53 bits per heavy atom. The number of rotatable bonds is 3. The molecule has 0 radical (unpaired) electrons. The van der Waals surface area contributed by atoms with E-state index >= 15 is 0 Å². The molecule has 0 saturated heterocycles. The average molecular weight is 209 g/mol. The molecule has 2 N–H and O–H groups in total. The van der Waals surface area contributed by atoms with Crippen LogP contribution in [0.25, 0.3) is 0 Å². The van der Waals surface area contributed by atoms with Crippen LogP contribution in [-0.2, 0) is 7.05 Å². The highest BCUT2D eigenvalue weighted by Gasteiger charge is 2.18. The van der Waals surface area contributed by atoms with E-state index in [0.29, 0.717) is 12.5 Å². The maximum absolute atomic E-state index is 12.0. The second kappa shape index (κ2) is 4.57. The number of nitrogens with two attached hydrogens (primary N) is 1. The SMILES string of the molecule is Cc1ncc(C(CN)C(C)C)c(=O)n1C. The van der Waals surface area contributed by atoms with Gasteiger partial charge in [0.05, 0.1) is 0 Å². The van der Waals surface area contributed by atoms with Crippen molar-refractivity contribution in [3.63, 3.8) is 0 Å². The molecule has 1 aromatic heterocycles. The molecule has 1 rings (SSSR count). The van der Waals surface area contributed by atoms with Crippen LogP contribution in [0.1, 0.15) is 31.2 Å². The Hall–Kier alpha value is -1.16. The third kappa shape index (κ3) is 2.26. The van der Waals surface area contributed by atoms with Crippen molar-refractivity contribution < 1.29 is 0 Å². The Morgan fingerprint density at radius 3 is 2.60 bits per heavy atom. The summed E-state index contributed by atoms with van der Waals surface area (Å²) in [6.45, 7) is 6.43. The van der Waals surface area contributed by atoms with Crippen LogP contribution in [0.3, 0.4) is 0 Å². The van der Waals surface area contributed by atoms with Crippen LogP contribution in [0.5, 0.6) is 0 Å². The van der Waals surface area contributed by atoms with Gasteiger partial charge in [0.25, 0.3) is 5.56 Å². The van der Waals surface area contributed by atoms with Gasteiger partial charge in [0.15, 0.2) is 0 Å². The lowest BCUT2D eigenvalue weighted by Gasteiger charge is -2.19. The first-order valence-electron chi connectivity index (χ1n) is 5.21. The molecule has 0 aromatic carbocycles. The van der Waals surface area contributed by atoms with Gasteiger partial charge in [0.2, 0.25) is 0 Å². The van der Waals surface area contributed by atoms with Gasteiger partial charge >= 0.3 is 0 Å². The Morgan fingerprint density at radius 2 is 2.13 bits per heavy atom. The molecule has 84 valence electrons. The monoisotopic (exact) mass is 209 g/mol. The van der Waals surface area contributed by atoms with E-state index < -0.39 is 0 Å². The van der Waals surface area contributed by atoms with Gasteiger partial charge < -0.3 is 5.73 Å². The van der Waals surface area contributed by atoms with Crippen molar-refractivity contribution >= 4 is 0 Å². The van der Waals surface area contributed by atoms with Crippen molar-refractivity contribution in [2.75, 3.05) is 6.54 Å². The molecule has 4 nitrogen and oxygen atoms in total. The van der Waals surface area contributed by atoms with Gasteiger partial charge in [-0.1, -0.05) is 13.8 Å². The minimum absolute atomic E-state index is 0.0200. The van der Waals surface area contributed by atoms with Gasteiger partial charge in [-0.3, -0.25) is 9.36 Å². The third-order valence-electron chi connectivity index (χ3n) is 2.89. The zero-order chi connectivity index (χ0) is 11.6. The van der Waals surface area contributed by atoms with Gasteiger partial charge in [0, 0.05) is 24.7 Å². The quantitative estimate of drug-likeness (QED) is 0.800. The van der Waals surface area contributed by atoms with Crippen LogP contribution in [-0.4, -0.2) is 16.1 Å². The lowest BCUT2D eigenvalue weighted by atomic mass is 9.90.